The summed E-state index contributed by atoms with van der Waals surface area (Å²) in [5.41, 5.74) is 3.91. The molecule has 1 aromatic rings. The van der Waals surface area contributed by atoms with Crippen molar-refractivity contribution in [2.75, 3.05) is 0 Å². The van der Waals surface area contributed by atoms with Crippen molar-refractivity contribution in [3.05, 3.63) is 28.5 Å². The first-order valence-corrected chi connectivity index (χ1v) is 3.75. The second kappa shape index (κ2) is 3.51. The van der Waals surface area contributed by atoms with Gasteiger partial charge >= 0.3 is 6.18 Å². The van der Waals surface area contributed by atoms with Gasteiger partial charge in [0.05, 0.1) is 16.3 Å². The molecule has 0 amide bonds. The smallest absolute Gasteiger partial charge is 0.325 e. The molecule has 1 rings (SSSR count). The fourth-order valence-electron chi connectivity index (χ4n) is 0.932. The number of aromatic nitrogens is 1. The van der Waals surface area contributed by atoms with Gasteiger partial charge in [-0.05, 0) is 6.07 Å². The van der Waals surface area contributed by atoms with Gasteiger partial charge in [-0.3, -0.25) is 4.98 Å². The van der Waals surface area contributed by atoms with E-state index in [4.69, 9.17) is 17.3 Å². The molecule has 0 radical (unpaired) electrons. The third kappa shape index (κ3) is 2.10. The second-order valence-electron chi connectivity index (χ2n) is 2.32. The molecular formula is C7H6ClF3N2. The van der Waals surface area contributed by atoms with E-state index < -0.39 is 11.7 Å². The molecule has 0 aromatic carbocycles. The molecule has 1 aromatic heterocycles. The first-order chi connectivity index (χ1) is 5.96. The van der Waals surface area contributed by atoms with Gasteiger partial charge in [0.2, 0.25) is 0 Å². The van der Waals surface area contributed by atoms with Crippen LogP contribution in [0.5, 0.6) is 0 Å². The van der Waals surface area contributed by atoms with E-state index in [9.17, 15) is 13.2 Å². The second-order valence-corrected chi connectivity index (χ2v) is 2.72. The Kier molecular flexibility index (Phi) is 2.77. The highest BCUT2D eigenvalue weighted by Crippen LogP contribution is 2.35. The highest BCUT2D eigenvalue weighted by molar-refractivity contribution is 6.31. The molecule has 13 heavy (non-hydrogen) atoms. The lowest BCUT2D eigenvalue weighted by Gasteiger charge is -2.11. The van der Waals surface area contributed by atoms with Gasteiger partial charge in [0.25, 0.3) is 0 Å². The molecule has 0 aliphatic heterocycles. The van der Waals surface area contributed by atoms with Crippen molar-refractivity contribution in [2.24, 2.45) is 5.73 Å². The molecule has 6 heteroatoms. The molecule has 0 aliphatic rings. The minimum absolute atomic E-state index is 0.236. The maximum absolute atomic E-state index is 12.3. The molecule has 72 valence electrons. The van der Waals surface area contributed by atoms with Crippen molar-refractivity contribution in [2.45, 2.75) is 12.7 Å². The van der Waals surface area contributed by atoms with E-state index in [1.54, 1.807) is 0 Å². The molecule has 0 saturated carbocycles. The van der Waals surface area contributed by atoms with Crippen molar-refractivity contribution >= 4 is 11.6 Å². The van der Waals surface area contributed by atoms with Crippen LogP contribution in [-0.2, 0) is 12.7 Å². The highest BCUT2D eigenvalue weighted by Gasteiger charge is 2.36. The summed E-state index contributed by atoms with van der Waals surface area (Å²) in [7, 11) is 0. The lowest BCUT2D eigenvalue weighted by Crippen LogP contribution is -2.14. The zero-order valence-corrected chi connectivity index (χ0v) is 7.15. The summed E-state index contributed by atoms with van der Waals surface area (Å²) in [6.45, 7) is -0.282. The third-order valence-corrected chi connectivity index (χ3v) is 1.77. The van der Waals surface area contributed by atoms with Crippen LogP contribution in [0.2, 0.25) is 5.02 Å². The molecule has 0 saturated heterocycles. The average Bonchev–Trinajstić information content (AvgIpc) is 2.01. The minimum atomic E-state index is -4.50. The van der Waals surface area contributed by atoms with Crippen LogP contribution in [0.4, 0.5) is 13.2 Å². The van der Waals surface area contributed by atoms with Crippen LogP contribution in [0.15, 0.2) is 12.3 Å². The Hall–Kier alpha value is -0.810. The van der Waals surface area contributed by atoms with E-state index in [1.807, 2.05) is 0 Å². The van der Waals surface area contributed by atoms with Crippen LogP contribution in [0.3, 0.4) is 0 Å². The number of pyridine rings is 1. The fraction of sp³-hybridized carbons (Fsp3) is 0.286. The SMILES string of the molecule is NCc1nccc(Cl)c1C(F)(F)F. The van der Waals surface area contributed by atoms with Crippen molar-refractivity contribution in [3.63, 3.8) is 0 Å². The monoisotopic (exact) mass is 210 g/mol. The Morgan fingerprint density at radius 3 is 2.46 bits per heavy atom. The predicted octanol–water partition coefficient (Wildman–Crippen LogP) is 2.21. The van der Waals surface area contributed by atoms with E-state index in [1.165, 1.54) is 6.20 Å². The largest absolute Gasteiger partial charge is 0.419 e. The molecule has 0 unspecified atom stereocenters. The van der Waals surface area contributed by atoms with Gasteiger partial charge in [0, 0.05) is 12.7 Å². The Labute approximate surface area is 77.5 Å². The topological polar surface area (TPSA) is 38.9 Å². The molecule has 2 N–H and O–H groups in total. The van der Waals surface area contributed by atoms with Crippen LogP contribution >= 0.6 is 11.6 Å². The lowest BCUT2D eigenvalue weighted by atomic mass is 10.2. The number of nitrogens with zero attached hydrogens (tertiary/aromatic N) is 1. The Bertz CT molecular complexity index is 311. The average molecular weight is 211 g/mol. The molecule has 0 aliphatic carbocycles. The van der Waals surface area contributed by atoms with Gasteiger partial charge < -0.3 is 5.73 Å². The summed E-state index contributed by atoms with van der Waals surface area (Å²) in [4.78, 5) is 3.50. The number of hydrogen-bond acceptors (Lipinski definition) is 2. The summed E-state index contributed by atoms with van der Waals surface area (Å²) in [5, 5.41) is -0.372. The maximum atomic E-state index is 12.3. The molecule has 0 atom stereocenters. The summed E-state index contributed by atoms with van der Waals surface area (Å²) >= 11 is 5.38. The van der Waals surface area contributed by atoms with Crippen LogP contribution in [0, 0.1) is 0 Å². The zero-order chi connectivity index (χ0) is 10.1. The highest BCUT2D eigenvalue weighted by atomic mass is 35.5. The van der Waals surface area contributed by atoms with Crippen molar-refractivity contribution < 1.29 is 13.2 Å². The van der Waals surface area contributed by atoms with Gasteiger partial charge in [-0.2, -0.15) is 13.2 Å². The van der Waals surface area contributed by atoms with E-state index in [-0.39, 0.29) is 17.3 Å². The fourth-order valence-corrected chi connectivity index (χ4v) is 1.20. The quantitative estimate of drug-likeness (QED) is 0.772. The predicted molar refractivity (Wildman–Crippen MR) is 42.1 cm³/mol. The number of hydrogen-bond donors (Lipinski definition) is 1. The molecule has 1 heterocycles. The van der Waals surface area contributed by atoms with Crippen molar-refractivity contribution in [3.8, 4) is 0 Å². The van der Waals surface area contributed by atoms with Gasteiger partial charge in [-0.15, -0.1) is 0 Å². The summed E-state index contributed by atoms with van der Waals surface area (Å²) in [6.07, 6.45) is -3.31. The first kappa shape index (κ1) is 10.3. The van der Waals surface area contributed by atoms with Crippen LogP contribution < -0.4 is 5.73 Å². The van der Waals surface area contributed by atoms with Crippen LogP contribution in [0.25, 0.3) is 0 Å². The Morgan fingerprint density at radius 1 is 1.46 bits per heavy atom. The van der Waals surface area contributed by atoms with Crippen molar-refractivity contribution in [1.29, 1.82) is 0 Å². The lowest BCUT2D eigenvalue weighted by molar-refractivity contribution is -0.138. The first-order valence-electron chi connectivity index (χ1n) is 3.37. The van der Waals surface area contributed by atoms with E-state index in [0.717, 1.165) is 6.07 Å². The van der Waals surface area contributed by atoms with E-state index in [2.05, 4.69) is 4.98 Å². The standard InChI is InChI=1S/C7H6ClF3N2/c8-4-1-2-13-5(3-12)6(4)7(9,10)11/h1-2H,3,12H2. The third-order valence-electron chi connectivity index (χ3n) is 1.46. The van der Waals surface area contributed by atoms with Gasteiger partial charge in [-0.1, -0.05) is 11.6 Å². The van der Waals surface area contributed by atoms with Crippen LogP contribution in [0.1, 0.15) is 11.3 Å². The number of alkyl halides is 3. The molecule has 2 nitrogen and oxygen atoms in total. The summed E-state index contributed by atoms with van der Waals surface area (Å²) < 4.78 is 36.9. The van der Waals surface area contributed by atoms with E-state index in [0.29, 0.717) is 0 Å². The molecular weight excluding hydrogens is 205 g/mol. The Morgan fingerprint density at radius 2 is 2.08 bits per heavy atom. The van der Waals surface area contributed by atoms with Crippen LogP contribution in [-0.4, -0.2) is 4.98 Å². The van der Waals surface area contributed by atoms with Gasteiger partial charge in [-0.25, -0.2) is 0 Å². The molecule has 0 bridgehead atoms. The number of rotatable bonds is 1. The molecule has 0 spiro atoms. The minimum Gasteiger partial charge on any atom is -0.325 e. The zero-order valence-electron chi connectivity index (χ0n) is 6.40. The summed E-state index contributed by atoms with van der Waals surface area (Å²) in [6, 6.07) is 1.09. The maximum Gasteiger partial charge on any atom is 0.419 e. The Balaban J connectivity index is 3.32. The van der Waals surface area contributed by atoms with E-state index >= 15 is 0 Å². The molecule has 0 fully saturated rings. The van der Waals surface area contributed by atoms with Gasteiger partial charge in [0.15, 0.2) is 0 Å². The normalized spacial score (nSPS) is 11.8. The van der Waals surface area contributed by atoms with Gasteiger partial charge in [0.1, 0.15) is 0 Å². The van der Waals surface area contributed by atoms with Crippen molar-refractivity contribution in [1.82, 2.24) is 4.98 Å². The summed E-state index contributed by atoms with van der Waals surface area (Å²) in [5.74, 6) is 0. The number of nitrogens with two attached hydrogens (primary N) is 1. The number of halogens is 4.